The molecule has 5 heteroatoms. The Morgan fingerprint density at radius 3 is 2.68 bits per heavy atom. The van der Waals surface area contributed by atoms with Crippen LogP contribution in [0.4, 0.5) is 0 Å². The summed E-state index contributed by atoms with van der Waals surface area (Å²) in [7, 11) is -1.02. The molecule has 1 aliphatic rings. The van der Waals surface area contributed by atoms with E-state index in [2.05, 4.69) is 68.2 Å². The summed E-state index contributed by atoms with van der Waals surface area (Å²) in [6, 6.07) is 5.61. The van der Waals surface area contributed by atoms with Crippen molar-refractivity contribution in [3.05, 3.63) is 32.3 Å². The van der Waals surface area contributed by atoms with Gasteiger partial charge in [0.25, 0.3) is 0 Å². The van der Waals surface area contributed by atoms with Crippen molar-refractivity contribution in [2.45, 2.75) is 51.7 Å². The van der Waals surface area contributed by atoms with Gasteiger partial charge in [-0.05, 0) is 58.9 Å². The van der Waals surface area contributed by atoms with Gasteiger partial charge in [-0.1, -0.05) is 35.6 Å². The molecule has 0 fully saturated rings. The maximum absolute atomic E-state index is 6.04. The first kappa shape index (κ1) is 16.7. The maximum atomic E-state index is 6.04. The van der Waals surface area contributed by atoms with Crippen molar-refractivity contribution in [2.75, 3.05) is 6.61 Å². The average molecular weight is 445 g/mol. The number of aryl methyl sites for hydroxylation is 1. The Balaban J connectivity index is 1.89. The molecule has 1 aromatic carbocycles. The number of nitrogens with zero attached hydrogens (tertiary/aromatic N) is 1. The highest BCUT2D eigenvalue weighted by Crippen LogP contribution is 2.38. The third-order valence-electron chi connectivity index (χ3n) is 4.35. The number of aromatic nitrogens is 1. The molecule has 0 radical (unpaired) electrons. The zero-order valence-corrected chi connectivity index (χ0v) is 17.7. The number of hydrogen-bond donors (Lipinski definition) is 0. The summed E-state index contributed by atoms with van der Waals surface area (Å²) >= 11 is 7.36. The lowest BCUT2D eigenvalue weighted by Crippen LogP contribution is -2.22. The van der Waals surface area contributed by atoms with Crippen LogP contribution < -0.4 is 0 Å². The minimum Gasteiger partial charge on any atom is -0.361 e. The predicted molar refractivity (Wildman–Crippen MR) is 103 cm³/mol. The van der Waals surface area contributed by atoms with Gasteiger partial charge in [-0.3, -0.25) is 0 Å². The SMILES string of the molecule is C[Si](C)(C)CCOCn1c2c(c3cc(Br)cc(Br)c31)CCC2. The third kappa shape index (κ3) is 3.37. The van der Waals surface area contributed by atoms with Crippen LogP contribution in [0, 0.1) is 0 Å². The summed E-state index contributed by atoms with van der Waals surface area (Å²) in [4.78, 5) is 0. The van der Waals surface area contributed by atoms with Gasteiger partial charge in [0.05, 0.1) is 5.52 Å². The van der Waals surface area contributed by atoms with Gasteiger partial charge in [0.2, 0.25) is 0 Å². The minimum absolute atomic E-state index is 0.677. The van der Waals surface area contributed by atoms with Gasteiger partial charge in [0, 0.05) is 34.7 Å². The Labute approximate surface area is 150 Å². The monoisotopic (exact) mass is 443 g/mol. The number of benzene rings is 1. The predicted octanol–water partition coefficient (Wildman–Crippen LogP) is 5.97. The third-order valence-corrected chi connectivity index (χ3v) is 7.12. The fourth-order valence-electron chi connectivity index (χ4n) is 3.20. The van der Waals surface area contributed by atoms with E-state index in [1.807, 2.05) is 0 Å². The Kier molecular flexibility index (Phi) is 4.89. The zero-order valence-electron chi connectivity index (χ0n) is 13.5. The molecule has 22 heavy (non-hydrogen) atoms. The topological polar surface area (TPSA) is 14.2 Å². The number of fused-ring (bicyclic) bond motifs is 3. The fraction of sp³-hybridized carbons (Fsp3) is 0.529. The second kappa shape index (κ2) is 6.42. The number of rotatable bonds is 5. The lowest BCUT2D eigenvalue weighted by molar-refractivity contribution is 0.0885. The van der Waals surface area contributed by atoms with E-state index in [-0.39, 0.29) is 0 Å². The van der Waals surface area contributed by atoms with Crippen molar-refractivity contribution >= 4 is 50.8 Å². The van der Waals surface area contributed by atoms with Crippen LogP contribution in [0.1, 0.15) is 17.7 Å². The standard InChI is InChI=1S/C17H23Br2NOSi/c1-22(2,3)8-7-21-11-20-16-6-4-5-13(16)14-9-12(18)10-15(19)17(14)20/h9-10H,4-8,11H2,1-3H3. The highest BCUT2D eigenvalue weighted by Gasteiger charge is 2.23. The van der Waals surface area contributed by atoms with Gasteiger partial charge in [0.15, 0.2) is 0 Å². The molecule has 3 rings (SSSR count). The van der Waals surface area contributed by atoms with E-state index in [0.717, 1.165) is 15.6 Å². The molecule has 120 valence electrons. The van der Waals surface area contributed by atoms with Crippen molar-refractivity contribution in [1.82, 2.24) is 4.57 Å². The van der Waals surface area contributed by atoms with Crippen LogP contribution in [0.15, 0.2) is 21.1 Å². The number of hydrogen-bond acceptors (Lipinski definition) is 1. The van der Waals surface area contributed by atoms with Crippen molar-refractivity contribution < 1.29 is 4.74 Å². The number of ether oxygens (including phenoxy) is 1. The lowest BCUT2D eigenvalue weighted by Gasteiger charge is -2.17. The summed E-state index contributed by atoms with van der Waals surface area (Å²) in [6.07, 6.45) is 3.63. The molecule has 1 aromatic heterocycles. The van der Waals surface area contributed by atoms with Crippen LogP contribution >= 0.6 is 31.9 Å². The molecular weight excluding hydrogens is 422 g/mol. The number of halogens is 2. The molecular formula is C17H23Br2NOSi. The van der Waals surface area contributed by atoms with Crippen LogP contribution in [0.5, 0.6) is 0 Å². The van der Waals surface area contributed by atoms with Crippen LogP contribution in [0.25, 0.3) is 10.9 Å². The Hall–Kier alpha value is -0.103. The van der Waals surface area contributed by atoms with Gasteiger partial charge >= 0.3 is 0 Å². The summed E-state index contributed by atoms with van der Waals surface area (Å²) in [6.45, 7) is 8.74. The molecule has 0 N–H and O–H groups in total. The quantitative estimate of drug-likeness (QED) is 0.409. The molecule has 1 heterocycles. The van der Waals surface area contributed by atoms with Crippen LogP contribution in [0.3, 0.4) is 0 Å². The summed E-state index contributed by atoms with van der Waals surface area (Å²) in [5.41, 5.74) is 4.29. The molecule has 0 atom stereocenters. The van der Waals surface area contributed by atoms with Crippen LogP contribution in [-0.4, -0.2) is 19.2 Å². The smallest absolute Gasteiger partial charge is 0.123 e. The first-order chi connectivity index (χ1) is 10.4. The lowest BCUT2D eigenvalue weighted by atomic mass is 10.1. The molecule has 0 saturated carbocycles. The molecule has 1 aliphatic carbocycles. The highest BCUT2D eigenvalue weighted by atomic mass is 79.9. The van der Waals surface area contributed by atoms with E-state index < -0.39 is 8.07 Å². The molecule has 0 saturated heterocycles. The van der Waals surface area contributed by atoms with Crippen molar-refractivity contribution in [1.29, 1.82) is 0 Å². The molecule has 0 bridgehead atoms. The summed E-state index contributed by atoms with van der Waals surface area (Å²) in [5, 5.41) is 1.38. The summed E-state index contributed by atoms with van der Waals surface area (Å²) < 4.78 is 10.7. The molecule has 0 amide bonds. The second-order valence-corrected chi connectivity index (χ2v) is 14.7. The first-order valence-corrected chi connectivity index (χ1v) is 13.2. The van der Waals surface area contributed by atoms with Crippen molar-refractivity contribution in [3.63, 3.8) is 0 Å². The summed E-state index contributed by atoms with van der Waals surface area (Å²) in [5.74, 6) is 0. The van der Waals surface area contributed by atoms with Gasteiger partial charge in [-0.25, -0.2) is 0 Å². The Bertz CT molecular complexity index is 703. The molecule has 0 spiro atoms. The van der Waals surface area contributed by atoms with Gasteiger partial charge in [-0.2, -0.15) is 0 Å². The fourth-order valence-corrected chi connectivity index (χ4v) is 5.39. The van der Waals surface area contributed by atoms with E-state index in [4.69, 9.17) is 4.74 Å². The largest absolute Gasteiger partial charge is 0.361 e. The van der Waals surface area contributed by atoms with Gasteiger partial charge in [-0.15, -0.1) is 0 Å². The Morgan fingerprint density at radius 2 is 1.95 bits per heavy atom. The Morgan fingerprint density at radius 1 is 1.18 bits per heavy atom. The van der Waals surface area contributed by atoms with Gasteiger partial charge < -0.3 is 9.30 Å². The van der Waals surface area contributed by atoms with E-state index in [1.165, 1.54) is 47.5 Å². The van der Waals surface area contributed by atoms with Crippen molar-refractivity contribution in [3.8, 4) is 0 Å². The van der Waals surface area contributed by atoms with E-state index in [9.17, 15) is 0 Å². The average Bonchev–Trinajstić information content (AvgIpc) is 2.96. The molecule has 0 aliphatic heterocycles. The van der Waals surface area contributed by atoms with E-state index in [1.54, 1.807) is 0 Å². The highest BCUT2D eigenvalue weighted by molar-refractivity contribution is 9.11. The second-order valence-electron chi connectivity index (χ2n) is 7.34. The maximum Gasteiger partial charge on any atom is 0.123 e. The molecule has 0 unspecified atom stereocenters. The minimum atomic E-state index is -1.02. The molecule has 2 aromatic rings. The van der Waals surface area contributed by atoms with Crippen molar-refractivity contribution in [2.24, 2.45) is 0 Å². The normalized spacial score (nSPS) is 14.8. The van der Waals surface area contributed by atoms with Gasteiger partial charge in [0.1, 0.15) is 6.73 Å². The van der Waals surface area contributed by atoms with E-state index >= 15 is 0 Å². The van der Waals surface area contributed by atoms with Crippen LogP contribution in [0.2, 0.25) is 25.7 Å². The first-order valence-electron chi connectivity index (χ1n) is 7.93. The molecule has 2 nitrogen and oxygen atoms in total. The van der Waals surface area contributed by atoms with E-state index in [0.29, 0.717) is 6.73 Å². The zero-order chi connectivity index (χ0) is 15.9. The van der Waals surface area contributed by atoms with Crippen LogP contribution in [-0.2, 0) is 24.3 Å².